The molecule has 0 fully saturated rings. The first kappa shape index (κ1) is 4.98. The number of hydrogen-bond acceptors (Lipinski definition) is 2. The van der Waals surface area contributed by atoms with Gasteiger partial charge in [-0.3, -0.25) is 9.59 Å². The first-order valence-electron chi connectivity index (χ1n) is 6.77. The standard InChI is InChI=1S/C9H16O4/c1-3-5-9(6-4-2,7(10)11)8(12)13/h3-6H2,1-2H3,(H,10,11)(H,12,13)/i1D3,2D3. The fourth-order valence-corrected chi connectivity index (χ4v) is 1.07. The fourth-order valence-electron chi connectivity index (χ4n) is 1.07. The Bertz CT molecular complexity index is 312. The molecule has 0 aromatic rings. The summed E-state index contributed by atoms with van der Waals surface area (Å²) in [7, 11) is 0. The average molecular weight is 194 g/mol. The Balaban J connectivity index is 5.11. The van der Waals surface area contributed by atoms with Gasteiger partial charge in [-0.2, -0.15) is 0 Å². The minimum absolute atomic E-state index is 0.605. The highest BCUT2D eigenvalue weighted by atomic mass is 16.4. The van der Waals surface area contributed by atoms with Gasteiger partial charge in [-0.1, -0.05) is 26.5 Å². The van der Waals surface area contributed by atoms with Gasteiger partial charge in [-0.15, -0.1) is 0 Å². The van der Waals surface area contributed by atoms with Crippen LogP contribution in [0.1, 0.15) is 47.6 Å². The van der Waals surface area contributed by atoms with E-state index < -0.39 is 56.7 Å². The van der Waals surface area contributed by atoms with E-state index in [0.717, 1.165) is 0 Å². The van der Waals surface area contributed by atoms with Crippen LogP contribution in [0.25, 0.3) is 0 Å². The minimum Gasteiger partial charge on any atom is -0.480 e. The molecule has 0 aliphatic rings. The van der Waals surface area contributed by atoms with Gasteiger partial charge in [0.1, 0.15) is 0 Å². The van der Waals surface area contributed by atoms with Crippen LogP contribution in [-0.2, 0) is 9.59 Å². The Morgan fingerprint density at radius 3 is 1.77 bits per heavy atom. The zero-order valence-electron chi connectivity index (χ0n) is 13.0. The molecule has 0 heterocycles. The van der Waals surface area contributed by atoms with E-state index in [1.165, 1.54) is 0 Å². The van der Waals surface area contributed by atoms with Gasteiger partial charge in [0, 0.05) is 8.22 Å². The summed E-state index contributed by atoms with van der Waals surface area (Å²) >= 11 is 0. The highest BCUT2D eigenvalue weighted by Crippen LogP contribution is 2.30. The summed E-state index contributed by atoms with van der Waals surface area (Å²) in [4.78, 5) is 22.3. The van der Waals surface area contributed by atoms with E-state index in [0.29, 0.717) is 0 Å². The summed E-state index contributed by atoms with van der Waals surface area (Å²) in [5.41, 5.74) is -2.37. The molecular weight excluding hydrogens is 172 g/mol. The van der Waals surface area contributed by atoms with Crippen molar-refractivity contribution in [1.29, 1.82) is 0 Å². The number of carbonyl (C=O) groups is 2. The molecule has 0 spiro atoms. The summed E-state index contributed by atoms with van der Waals surface area (Å²) in [6, 6.07) is 0. The molecule has 4 nitrogen and oxygen atoms in total. The van der Waals surface area contributed by atoms with Crippen LogP contribution in [0.2, 0.25) is 0 Å². The van der Waals surface area contributed by atoms with Crippen molar-refractivity contribution >= 4 is 11.9 Å². The van der Waals surface area contributed by atoms with Gasteiger partial charge < -0.3 is 10.2 Å². The highest BCUT2D eigenvalue weighted by Gasteiger charge is 2.44. The van der Waals surface area contributed by atoms with Gasteiger partial charge in [0.2, 0.25) is 0 Å². The third-order valence-corrected chi connectivity index (χ3v) is 1.92. The first-order chi connectivity index (χ1) is 8.30. The van der Waals surface area contributed by atoms with Crippen LogP contribution in [0.4, 0.5) is 0 Å². The average Bonchev–Trinajstić information content (AvgIpc) is 2.13. The van der Waals surface area contributed by atoms with Crippen LogP contribution in [-0.4, -0.2) is 22.2 Å². The lowest BCUT2D eigenvalue weighted by atomic mass is 9.79. The van der Waals surface area contributed by atoms with Gasteiger partial charge in [0.25, 0.3) is 0 Å². The molecule has 4 heteroatoms. The Labute approximate surface area is 86.0 Å². The smallest absolute Gasteiger partial charge is 0.321 e. The third-order valence-electron chi connectivity index (χ3n) is 1.92. The molecule has 0 saturated carbocycles. The quantitative estimate of drug-likeness (QED) is 0.631. The molecule has 76 valence electrons. The van der Waals surface area contributed by atoms with Gasteiger partial charge in [0.15, 0.2) is 5.41 Å². The SMILES string of the molecule is [2H]C([2H])([2H])CCC(CCC([2H])([2H])[2H])(C(=O)O)C(=O)O. The number of hydrogen-bond donors (Lipinski definition) is 2. The summed E-state index contributed by atoms with van der Waals surface area (Å²) in [6.45, 7) is -4.92. The van der Waals surface area contributed by atoms with Crippen LogP contribution in [0.5, 0.6) is 0 Å². The molecule has 0 rings (SSSR count). The molecule has 0 aromatic heterocycles. The van der Waals surface area contributed by atoms with E-state index >= 15 is 0 Å². The van der Waals surface area contributed by atoms with Crippen molar-refractivity contribution in [3.8, 4) is 0 Å². The molecule has 0 unspecified atom stereocenters. The summed E-state index contributed by atoms with van der Waals surface area (Å²) in [6.07, 6.45) is -2.48. The van der Waals surface area contributed by atoms with Crippen LogP contribution < -0.4 is 0 Å². The largest absolute Gasteiger partial charge is 0.480 e. The molecule has 0 aromatic carbocycles. The first-order valence-corrected chi connectivity index (χ1v) is 3.77. The fraction of sp³-hybridized carbons (Fsp3) is 0.778. The number of carboxylic acids is 2. The second-order valence-corrected chi connectivity index (χ2v) is 2.69. The van der Waals surface area contributed by atoms with E-state index in [2.05, 4.69) is 0 Å². The molecule has 13 heavy (non-hydrogen) atoms. The zero-order valence-corrected chi connectivity index (χ0v) is 7.04. The van der Waals surface area contributed by atoms with Crippen LogP contribution >= 0.6 is 0 Å². The molecule has 0 amide bonds. The molecule has 2 N–H and O–H groups in total. The van der Waals surface area contributed by atoms with Crippen molar-refractivity contribution < 1.29 is 28.0 Å². The Morgan fingerprint density at radius 2 is 1.54 bits per heavy atom. The number of rotatable bonds is 6. The lowest BCUT2D eigenvalue weighted by molar-refractivity contribution is -0.166. The van der Waals surface area contributed by atoms with Crippen LogP contribution in [0.3, 0.4) is 0 Å². The van der Waals surface area contributed by atoms with Crippen molar-refractivity contribution in [1.82, 2.24) is 0 Å². The second-order valence-electron chi connectivity index (χ2n) is 2.69. The topological polar surface area (TPSA) is 74.6 Å². The number of carboxylic acid groups (broad SMARTS) is 2. The van der Waals surface area contributed by atoms with Crippen molar-refractivity contribution in [2.24, 2.45) is 5.41 Å². The highest BCUT2D eigenvalue weighted by molar-refractivity contribution is 5.98. The van der Waals surface area contributed by atoms with Crippen LogP contribution in [0.15, 0.2) is 0 Å². The zero-order chi connectivity index (χ0) is 15.5. The molecule has 0 bridgehead atoms. The van der Waals surface area contributed by atoms with E-state index in [4.69, 9.17) is 18.4 Å². The Hall–Kier alpha value is -1.06. The Morgan fingerprint density at radius 1 is 1.15 bits per heavy atom. The van der Waals surface area contributed by atoms with Gasteiger partial charge in [-0.25, -0.2) is 0 Å². The number of aliphatic carboxylic acids is 2. The lowest BCUT2D eigenvalue weighted by Gasteiger charge is -2.23. The van der Waals surface area contributed by atoms with Crippen molar-refractivity contribution in [2.75, 3.05) is 0 Å². The van der Waals surface area contributed by atoms with Gasteiger partial charge in [0.05, 0.1) is 0 Å². The molecule has 0 saturated heterocycles. The summed E-state index contributed by atoms with van der Waals surface area (Å²) in [5, 5.41) is 18.1. The molecule has 0 atom stereocenters. The molecule has 0 aliphatic heterocycles. The van der Waals surface area contributed by atoms with Gasteiger partial charge >= 0.3 is 11.9 Å². The maximum absolute atomic E-state index is 11.1. The molecule has 0 radical (unpaired) electrons. The second kappa shape index (κ2) is 4.84. The monoisotopic (exact) mass is 194 g/mol. The Kier molecular flexibility index (Phi) is 1.86. The summed E-state index contributed by atoms with van der Waals surface area (Å²) < 4.78 is 41.9. The van der Waals surface area contributed by atoms with Crippen LogP contribution in [0, 0.1) is 5.41 Å². The maximum Gasteiger partial charge on any atom is 0.321 e. The molecular formula is C9H16O4. The predicted molar refractivity (Wildman–Crippen MR) is 47.5 cm³/mol. The molecule has 0 aliphatic carbocycles. The van der Waals surface area contributed by atoms with Gasteiger partial charge in [-0.05, 0) is 12.8 Å². The van der Waals surface area contributed by atoms with E-state index in [-0.39, 0.29) is 0 Å². The van der Waals surface area contributed by atoms with E-state index in [9.17, 15) is 9.59 Å². The minimum atomic E-state index is -2.46. The van der Waals surface area contributed by atoms with Crippen molar-refractivity contribution in [2.45, 2.75) is 39.4 Å². The maximum atomic E-state index is 11.1. The summed E-state index contributed by atoms with van der Waals surface area (Å²) in [5.74, 6) is -3.43. The third kappa shape index (κ3) is 2.44. The van der Waals surface area contributed by atoms with E-state index in [1.807, 2.05) is 0 Å². The lowest BCUT2D eigenvalue weighted by Crippen LogP contribution is -2.39. The van der Waals surface area contributed by atoms with Crippen molar-refractivity contribution in [3.05, 3.63) is 0 Å². The normalized spacial score (nSPS) is 20.0. The van der Waals surface area contributed by atoms with Crippen molar-refractivity contribution in [3.63, 3.8) is 0 Å². The predicted octanol–water partition coefficient (Wildman–Crippen LogP) is 1.74. The van der Waals surface area contributed by atoms with E-state index in [1.54, 1.807) is 0 Å².